The molecular formula is C15H16ClN3O3S. The van der Waals surface area contributed by atoms with Crippen molar-refractivity contribution in [2.75, 3.05) is 20.3 Å². The third kappa shape index (κ3) is 3.56. The number of hydrogen-bond donors (Lipinski definition) is 0. The van der Waals surface area contributed by atoms with E-state index in [9.17, 15) is 4.79 Å². The number of carbonyl (C=O) groups is 1. The molecule has 23 heavy (non-hydrogen) atoms. The van der Waals surface area contributed by atoms with Crippen LogP contribution in [0.4, 0.5) is 0 Å². The van der Waals surface area contributed by atoms with Gasteiger partial charge in [0.2, 0.25) is 5.91 Å². The minimum absolute atomic E-state index is 0.0311. The summed E-state index contributed by atoms with van der Waals surface area (Å²) in [5, 5.41) is 4.46. The van der Waals surface area contributed by atoms with Crippen LogP contribution in [0.1, 0.15) is 16.1 Å². The molecule has 0 atom stereocenters. The van der Waals surface area contributed by atoms with Crippen molar-refractivity contribution in [1.29, 1.82) is 0 Å². The van der Waals surface area contributed by atoms with E-state index < -0.39 is 0 Å². The molecule has 6 nitrogen and oxygen atoms in total. The first-order valence-electron chi connectivity index (χ1n) is 7.14. The maximum atomic E-state index is 12.4. The van der Waals surface area contributed by atoms with E-state index in [-0.39, 0.29) is 12.3 Å². The van der Waals surface area contributed by atoms with Crippen molar-refractivity contribution < 1.29 is 14.3 Å². The first-order valence-corrected chi connectivity index (χ1v) is 8.29. The van der Waals surface area contributed by atoms with Crippen LogP contribution in [0, 0.1) is 6.92 Å². The van der Waals surface area contributed by atoms with Gasteiger partial charge in [-0.2, -0.15) is 0 Å². The number of aryl methyl sites for hydroxylation is 1. The van der Waals surface area contributed by atoms with E-state index in [0.717, 1.165) is 16.1 Å². The lowest BCUT2D eigenvalue weighted by Gasteiger charge is -2.21. The van der Waals surface area contributed by atoms with E-state index in [2.05, 4.69) is 9.59 Å². The summed E-state index contributed by atoms with van der Waals surface area (Å²) in [5.74, 6) is 1.22. The molecule has 0 N–H and O–H groups in total. The van der Waals surface area contributed by atoms with E-state index in [4.69, 9.17) is 21.1 Å². The number of halogens is 1. The van der Waals surface area contributed by atoms with Gasteiger partial charge in [-0.25, -0.2) is 0 Å². The smallest absolute Gasteiger partial charge is 0.227 e. The van der Waals surface area contributed by atoms with E-state index in [1.165, 1.54) is 11.5 Å². The largest absolute Gasteiger partial charge is 0.486 e. The average molecular weight is 354 g/mol. The minimum Gasteiger partial charge on any atom is -0.486 e. The van der Waals surface area contributed by atoms with Gasteiger partial charge in [-0.3, -0.25) is 4.79 Å². The standard InChI is InChI=1S/C15H16ClN3O3S/c1-9-14(23-18-17-9)8-19(2)15(20)6-10-5-12-13(7-11(10)16)22-4-3-21-12/h5,7H,3-4,6,8H2,1-2H3. The fraction of sp³-hybridized carbons (Fsp3) is 0.400. The summed E-state index contributed by atoms with van der Waals surface area (Å²) in [4.78, 5) is 15.1. The Morgan fingerprint density at radius 1 is 1.35 bits per heavy atom. The lowest BCUT2D eigenvalue weighted by molar-refractivity contribution is -0.129. The van der Waals surface area contributed by atoms with Crippen LogP contribution in [0.15, 0.2) is 12.1 Å². The van der Waals surface area contributed by atoms with Gasteiger partial charge in [0.05, 0.1) is 23.5 Å². The van der Waals surface area contributed by atoms with Crippen molar-refractivity contribution in [2.45, 2.75) is 19.9 Å². The number of aromatic nitrogens is 2. The molecule has 0 bridgehead atoms. The Balaban J connectivity index is 1.71. The highest BCUT2D eigenvalue weighted by molar-refractivity contribution is 7.05. The van der Waals surface area contributed by atoms with Crippen molar-refractivity contribution in [3.8, 4) is 11.5 Å². The van der Waals surface area contributed by atoms with Crippen molar-refractivity contribution in [1.82, 2.24) is 14.5 Å². The van der Waals surface area contributed by atoms with Crippen LogP contribution in [0.3, 0.4) is 0 Å². The van der Waals surface area contributed by atoms with E-state index in [0.29, 0.717) is 36.3 Å². The van der Waals surface area contributed by atoms with Crippen LogP contribution in [-0.2, 0) is 17.8 Å². The van der Waals surface area contributed by atoms with E-state index >= 15 is 0 Å². The number of benzene rings is 1. The van der Waals surface area contributed by atoms with Crippen LogP contribution in [-0.4, -0.2) is 40.7 Å². The zero-order chi connectivity index (χ0) is 16.4. The van der Waals surface area contributed by atoms with Crippen LogP contribution in [0.25, 0.3) is 0 Å². The number of likely N-dealkylation sites (N-methyl/N-ethyl adjacent to an activating group) is 1. The first kappa shape index (κ1) is 16.0. The Kier molecular flexibility index (Phi) is 4.68. The molecule has 2 aromatic rings. The molecule has 1 aromatic carbocycles. The Bertz CT molecular complexity index is 735. The van der Waals surface area contributed by atoms with Gasteiger partial charge in [0, 0.05) is 18.1 Å². The van der Waals surface area contributed by atoms with E-state index in [1.54, 1.807) is 24.1 Å². The van der Waals surface area contributed by atoms with Gasteiger partial charge in [-0.15, -0.1) is 5.10 Å². The summed E-state index contributed by atoms with van der Waals surface area (Å²) < 4.78 is 14.9. The molecule has 8 heteroatoms. The van der Waals surface area contributed by atoms with E-state index in [1.807, 2.05) is 6.92 Å². The summed E-state index contributed by atoms with van der Waals surface area (Å²) in [6.07, 6.45) is 0.206. The lowest BCUT2D eigenvalue weighted by atomic mass is 10.1. The van der Waals surface area contributed by atoms with Gasteiger partial charge in [-0.05, 0) is 30.1 Å². The molecule has 1 aromatic heterocycles. The number of fused-ring (bicyclic) bond motifs is 1. The maximum absolute atomic E-state index is 12.4. The fourth-order valence-corrected chi connectivity index (χ4v) is 3.15. The first-order chi connectivity index (χ1) is 11.0. The summed E-state index contributed by atoms with van der Waals surface area (Å²) in [6.45, 7) is 3.38. The zero-order valence-electron chi connectivity index (χ0n) is 12.8. The zero-order valence-corrected chi connectivity index (χ0v) is 14.4. The predicted molar refractivity (Wildman–Crippen MR) is 87.3 cm³/mol. The van der Waals surface area contributed by atoms with Gasteiger partial charge in [0.15, 0.2) is 11.5 Å². The minimum atomic E-state index is -0.0311. The van der Waals surface area contributed by atoms with Gasteiger partial charge in [-0.1, -0.05) is 16.1 Å². The van der Waals surface area contributed by atoms with Crippen molar-refractivity contribution in [2.24, 2.45) is 0 Å². The normalized spacial score (nSPS) is 13.0. The highest BCUT2D eigenvalue weighted by Crippen LogP contribution is 2.35. The molecule has 122 valence electrons. The Labute approximate surface area is 143 Å². The Hall–Kier alpha value is -1.86. The molecule has 0 unspecified atom stereocenters. The van der Waals surface area contributed by atoms with Gasteiger partial charge >= 0.3 is 0 Å². The molecule has 2 heterocycles. The third-order valence-corrected chi connectivity index (χ3v) is 4.76. The molecule has 3 rings (SSSR count). The number of nitrogens with zero attached hydrogens (tertiary/aromatic N) is 3. The molecule has 1 aliphatic rings. The number of rotatable bonds is 4. The molecule has 0 aliphatic carbocycles. The fourth-order valence-electron chi connectivity index (χ4n) is 2.24. The average Bonchev–Trinajstić information content (AvgIpc) is 2.93. The molecule has 1 aliphatic heterocycles. The van der Waals surface area contributed by atoms with Crippen molar-refractivity contribution in [3.63, 3.8) is 0 Å². The van der Waals surface area contributed by atoms with Crippen LogP contribution in [0.2, 0.25) is 5.02 Å². The number of carbonyl (C=O) groups excluding carboxylic acids is 1. The number of hydrogen-bond acceptors (Lipinski definition) is 6. The SMILES string of the molecule is Cc1nnsc1CN(C)C(=O)Cc1cc2c(cc1Cl)OCCO2. The molecule has 1 amide bonds. The van der Waals surface area contributed by atoms with Gasteiger partial charge in [0.1, 0.15) is 13.2 Å². The molecular weight excluding hydrogens is 338 g/mol. The molecule has 0 radical (unpaired) electrons. The van der Waals surface area contributed by atoms with Crippen molar-refractivity contribution >= 4 is 29.0 Å². The summed E-state index contributed by atoms with van der Waals surface area (Å²) >= 11 is 7.56. The maximum Gasteiger partial charge on any atom is 0.227 e. The predicted octanol–water partition coefficient (Wildman–Crippen LogP) is 2.47. The topological polar surface area (TPSA) is 64.6 Å². The second-order valence-corrected chi connectivity index (χ2v) is 6.54. The second-order valence-electron chi connectivity index (χ2n) is 5.30. The van der Waals surface area contributed by atoms with Crippen LogP contribution < -0.4 is 9.47 Å². The lowest BCUT2D eigenvalue weighted by Crippen LogP contribution is -2.27. The highest BCUT2D eigenvalue weighted by atomic mass is 35.5. The van der Waals surface area contributed by atoms with Crippen molar-refractivity contribution in [3.05, 3.63) is 33.3 Å². The second kappa shape index (κ2) is 6.72. The molecule has 0 saturated heterocycles. The van der Waals surface area contributed by atoms with Crippen LogP contribution in [0.5, 0.6) is 11.5 Å². The summed E-state index contributed by atoms with van der Waals surface area (Å²) in [5.41, 5.74) is 1.58. The Morgan fingerprint density at radius 3 is 2.70 bits per heavy atom. The highest BCUT2D eigenvalue weighted by Gasteiger charge is 2.19. The van der Waals surface area contributed by atoms with Gasteiger partial charge < -0.3 is 14.4 Å². The monoisotopic (exact) mass is 353 g/mol. The van der Waals surface area contributed by atoms with Gasteiger partial charge in [0.25, 0.3) is 0 Å². The third-order valence-electron chi connectivity index (χ3n) is 3.60. The molecule has 0 spiro atoms. The number of amides is 1. The number of ether oxygens (including phenoxy) is 2. The van der Waals surface area contributed by atoms with Crippen LogP contribution >= 0.6 is 23.1 Å². The summed E-state index contributed by atoms with van der Waals surface area (Å²) in [7, 11) is 1.76. The molecule has 0 saturated carbocycles. The molecule has 0 fully saturated rings. The summed E-state index contributed by atoms with van der Waals surface area (Å²) in [6, 6.07) is 3.48. The quantitative estimate of drug-likeness (QED) is 0.844. The Morgan fingerprint density at radius 2 is 2.04 bits per heavy atom.